The molecule has 0 saturated heterocycles. The normalized spacial score (nSPS) is 13.5. The zero-order valence-electron chi connectivity index (χ0n) is 25.2. The molecule has 0 heterocycles. The van der Waals surface area contributed by atoms with Gasteiger partial charge >= 0.3 is 19.8 Å². The quantitative estimate of drug-likeness (QED) is 0.164. The predicted molar refractivity (Wildman–Crippen MR) is 169 cm³/mol. The van der Waals surface area contributed by atoms with Crippen molar-refractivity contribution >= 4 is 12.4 Å². The second-order valence-electron chi connectivity index (χ2n) is 12.3. The van der Waals surface area contributed by atoms with Crippen LogP contribution in [0.15, 0.2) is 107 Å². The molecular formula is C36H40MnN3O2. The van der Waals surface area contributed by atoms with Crippen LogP contribution in [0.25, 0.3) is 0 Å². The Morgan fingerprint density at radius 2 is 0.905 bits per heavy atom. The molecule has 4 aromatic rings. The van der Waals surface area contributed by atoms with E-state index in [4.69, 9.17) is 14.2 Å². The molecule has 0 aliphatic rings. The maximum atomic E-state index is 10.7. The van der Waals surface area contributed by atoms with E-state index in [0.29, 0.717) is 11.1 Å². The van der Waals surface area contributed by atoms with E-state index in [9.17, 15) is 10.2 Å². The topological polar surface area (TPSA) is 89.0 Å². The van der Waals surface area contributed by atoms with Gasteiger partial charge in [0.1, 0.15) is 23.6 Å². The Labute approximate surface area is 258 Å². The molecule has 5 nitrogen and oxygen atoms in total. The molecular weight excluding hydrogens is 561 g/mol. The van der Waals surface area contributed by atoms with E-state index in [-0.39, 0.29) is 34.4 Å². The van der Waals surface area contributed by atoms with Crippen molar-refractivity contribution in [3.8, 4) is 11.5 Å². The average Bonchev–Trinajstić information content (AvgIpc) is 2.97. The van der Waals surface area contributed by atoms with Crippen LogP contribution >= 0.6 is 0 Å². The summed E-state index contributed by atoms with van der Waals surface area (Å²) in [6, 6.07) is 30.8. The number of aliphatic imine (C=N–C) groups is 2. The van der Waals surface area contributed by atoms with Crippen molar-refractivity contribution in [2.24, 2.45) is 9.98 Å². The molecule has 0 saturated carbocycles. The van der Waals surface area contributed by atoms with Crippen molar-refractivity contribution in [3.63, 3.8) is 0 Å². The van der Waals surface area contributed by atoms with Gasteiger partial charge in [0.15, 0.2) is 0 Å². The van der Waals surface area contributed by atoms with Crippen LogP contribution in [0.1, 0.15) is 87.0 Å². The van der Waals surface area contributed by atoms with Crippen LogP contribution in [-0.2, 0) is 26.5 Å². The molecule has 0 aliphatic carbocycles. The molecule has 0 amide bonds. The monoisotopic (exact) mass is 601 g/mol. The summed E-state index contributed by atoms with van der Waals surface area (Å²) in [5.74, 6) is 0.375. The molecule has 218 valence electrons. The molecule has 0 unspecified atom stereocenters. The van der Waals surface area contributed by atoms with Gasteiger partial charge in [-0.3, -0.25) is 9.98 Å². The van der Waals surface area contributed by atoms with Gasteiger partial charge in [-0.25, -0.2) is 0 Å². The molecule has 2 N–H and O–H groups in total. The van der Waals surface area contributed by atoms with Gasteiger partial charge in [-0.05, 0) is 57.3 Å². The average molecular weight is 602 g/mol. The number of rotatable bonds is 7. The molecule has 0 fully saturated rings. The summed E-state index contributed by atoms with van der Waals surface area (Å²) in [5, 5.41) is 21.3. The van der Waals surface area contributed by atoms with Gasteiger partial charge < -0.3 is 10.2 Å². The van der Waals surface area contributed by atoms with Crippen LogP contribution in [0.2, 0.25) is 0 Å². The first-order valence-electron chi connectivity index (χ1n) is 13.9. The van der Waals surface area contributed by atoms with Crippen molar-refractivity contribution in [2.75, 3.05) is 0 Å². The van der Waals surface area contributed by atoms with Crippen LogP contribution in [0, 0.1) is 4.20 Å². The number of hydrogen-bond donors (Lipinski definition) is 2. The van der Waals surface area contributed by atoms with Crippen LogP contribution in [-0.4, -0.2) is 22.6 Å². The number of phenols is 2. The summed E-state index contributed by atoms with van der Waals surface area (Å²) < 4.78 is 6.81. The summed E-state index contributed by atoms with van der Waals surface area (Å²) in [7, 11) is 0. The standard InChI is InChI=1S/C36H40N2O2.Mn.N/c1-35(2,3)29-17-19-31(39)27(21-29)23-37-33(25-13-9-7-10-14-25)34(26-15-11-8-12-16-26)38-24-28-22-30(36(4,5)6)18-20-32(28)40;;/h7-24,33-34,39-40H,1-6H3;;/t33-,34-;;/m0../s1. The maximum absolute atomic E-state index is 10.7. The molecule has 0 bridgehead atoms. The minimum absolute atomic E-state index is 0.0599. The number of benzene rings is 4. The van der Waals surface area contributed by atoms with E-state index in [1.165, 1.54) is 0 Å². The van der Waals surface area contributed by atoms with E-state index >= 15 is 0 Å². The minimum atomic E-state index is -0.370. The zero-order valence-corrected chi connectivity index (χ0v) is 26.3. The molecule has 4 aromatic carbocycles. The van der Waals surface area contributed by atoms with Gasteiger partial charge in [-0.1, -0.05) is 114 Å². The van der Waals surface area contributed by atoms with Crippen molar-refractivity contribution in [2.45, 2.75) is 64.5 Å². The van der Waals surface area contributed by atoms with Crippen LogP contribution in [0.5, 0.6) is 11.5 Å². The number of phenolic OH excluding ortho intramolecular Hbond substituents is 2. The summed E-state index contributed by atoms with van der Waals surface area (Å²) >= 11 is 1.94. The van der Waals surface area contributed by atoms with Gasteiger partial charge in [0.25, 0.3) is 0 Å². The Bertz CT molecular complexity index is 1420. The number of aromatic hydroxyl groups is 2. The molecule has 4 rings (SSSR count). The third-order valence-corrected chi connectivity index (χ3v) is 7.12. The number of nitrogens with zero attached hydrogens (tertiary/aromatic N) is 3. The third-order valence-electron chi connectivity index (χ3n) is 7.12. The van der Waals surface area contributed by atoms with Crippen molar-refractivity contribution in [1.82, 2.24) is 0 Å². The summed E-state index contributed by atoms with van der Waals surface area (Å²) in [5.41, 5.74) is 5.46. The third kappa shape index (κ3) is 8.53. The SMILES string of the molecule is CC(C)(C)c1ccc(O)c(C=N[C@@H](c2ccccc2)[C@@H](N=Cc2cc(C(C)(C)C)ccc2O)c2ccccc2)c1.[N]#[Mn]. The van der Waals surface area contributed by atoms with Crippen molar-refractivity contribution in [3.05, 3.63) is 130 Å². The zero-order chi connectivity index (χ0) is 30.9. The molecule has 0 aromatic heterocycles. The molecule has 0 spiro atoms. The molecule has 42 heavy (non-hydrogen) atoms. The van der Waals surface area contributed by atoms with E-state index < -0.39 is 0 Å². The van der Waals surface area contributed by atoms with Gasteiger partial charge in [0.2, 0.25) is 0 Å². The fraction of sp³-hybridized carbons (Fsp3) is 0.278. The van der Waals surface area contributed by atoms with Crippen molar-refractivity contribution < 1.29 is 25.9 Å². The van der Waals surface area contributed by atoms with E-state index in [1.807, 2.05) is 76.3 Å². The molecule has 0 radical (unpaired) electrons. The molecule has 6 heteroatoms. The Morgan fingerprint density at radius 1 is 0.571 bits per heavy atom. The second kappa shape index (κ2) is 14.3. The first kappa shape index (κ1) is 32.6. The molecule has 0 aliphatic heterocycles. The Kier molecular flexibility index (Phi) is 11.1. The fourth-order valence-corrected chi connectivity index (χ4v) is 4.57. The van der Waals surface area contributed by atoms with Gasteiger partial charge in [-0.2, -0.15) is 0 Å². The molecule has 2 atom stereocenters. The van der Waals surface area contributed by atoms with Gasteiger partial charge in [0.05, 0.1) is 0 Å². The fourth-order valence-electron chi connectivity index (χ4n) is 4.57. The van der Waals surface area contributed by atoms with Crippen LogP contribution < -0.4 is 0 Å². The first-order chi connectivity index (χ1) is 19.9. The van der Waals surface area contributed by atoms with Crippen LogP contribution in [0.4, 0.5) is 0 Å². The van der Waals surface area contributed by atoms with Gasteiger partial charge in [0, 0.05) is 23.6 Å². The number of hydrogen-bond acceptors (Lipinski definition) is 5. The summed E-state index contributed by atoms with van der Waals surface area (Å²) in [6.45, 7) is 12.9. The summed E-state index contributed by atoms with van der Waals surface area (Å²) in [6.07, 6.45) is 3.51. The van der Waals surface area contributed by atoms with E-state index in [1.54, 1.807) is 24.6 Å². The Balaban J connectivity index is 0.00000237. The Hall–Kier alpha value is -3.95. The second-order valence-corrected chi connectivity index (χ2v) is 12.3. The van der Waals surface area contributed by atoms with E-state index in [2.05, 4.69) is 65.8 Å². The van der Waals surface area contributed by atoms with Crippen molar-refractivity contribution in [1.29, 1.82) is 4.20 Å². The van der Waals surface area contributed by atoms with E-state index in [0.717, 1.165) is 22.3 Å². The van der Waals surface area contributed by atoms with Gasteiger partial charge in [-0.15, -0.1) is 0 Å². The Morgan fingerprint density at radius 3 is 1.21 bits per heavy atom. The summed E-state index contributed by atoms with van der Waals surface area (Å²) in [4.78, 5) is 10.1. The first-order valence-corrected chi connectivity index (χ1v) is 14.5. The predicted octanol–water partition coefficient (Wildman–Crippen LogP) is 8.73. The van der Waals surface area contributed by atoms with Crippen LogP contribution in [0.3, 0.4) is 0 Å².